The van der Waals surface area contributed by atoms with Crippen molar-refractivity contribution in [2.75, 3.05) is 7.11 Å². The first-order chi connectivity index (χ1) is 9.42. The van der Waals surface area contributed by atoms with E-state index < -0.39 is 10.0 Å². The molecule has 112 valence electrons. The molecule has 0 aliphatic heterocycles. The fraction of sp³-hybridized carbons (Fsp3) is 0.615. The first-order valence-corrected chi connectivity index (χ1v) is 8.92. The van der Waals surface area contributed by atoms with Crippen LogP contribution in [0.1, 0.15) is 32.6 Å². The molecular weight excluding hydrogens is 344 g/mol. The largest absolute Gasteiger partial charge is 0.480 e. The summed E-state index contributed by atoms with van der Waals surface area (Å²) in [7, 11) is -2.20. The van der Waals surface area contributed by atoms with Crippen molar-refractivity contribution in [1.82, 2.24) is 9.71 Å². The Morgan fingerprint density at radius 3 is 2.60 bits per heavy atom. The highest BCUT2D eigenvalue weighted by molar-refractivity contribution is 9.10. The number of hydrogen-bond donors (Lipinski definition) is 1. The summed E-state index contributed by atoms with van der Waals surface area (Å²) < 4.78 is 33.3. The smallest absolute Gasteiger partial charge is 0.246 e. The Labute approximate surface area is 128 Å². The summed E-state index contributed by atoms with van der Waals surface area (Å²) in [5.74, 6) is 0.794. The number of ether oxygens (including phenoxy) is 1. The average molecular weight is 363 g/mol. The molecule has 20 heavy (non-hydrogen) atoms. The van der Waals surface area contributed by atoms with Gasteiger partial charge in [0, 0.05) is 16.7 Å². The van der Waals surface area contributed by atoms with E-state index in [9.17, 15) is 8.42 Å². The minimum Gasteiger partial charge on any atom is -0.480 e. The van der Waals surface area contributed by atoms with Crippen molar-refractivity contribution in [2.45, 2.75) is 43.5 Å². The normalized spacial score (nSPS) is 23.6. The third-order valence-electron chi connectivity index (χ3n) is 3.61. The van der Waals surface area contributed by atoms with Crippen LogP contribution in [0.5, 0.6) is 5.88 Å². The molecule has 0 saturated heterocycles. The van der Waals surface area contributed by atoms with E-state index in [4.69, 9.17) is 4.74 Å². The van der Waals surface area contributed by atoms with E-state index >= 15 is 0 Å². The molecule has 0 amide bonds. The van der Waals surface area contributed by atoms with Gasteiger partial charge in [-0.05, 0) is 53.6 Å². The summed E-state index contributed by atoms with van der Waals surface area (Å²) in [5.41, 5.74) is 0. The van der Waals surface area contributed by atoms with E-state index in [1.54, 1.807) is 0 Å². The van der Waals surface area contributed by atoms with Gasteiger partial charge in [0.1, 0.15) is 4.90 Å². The topological polar surface area (TPSA) is 68.3 Å². The van der Waals surface area contributed by atoms with Gasteiger partial charge in [-0.1, -0.05) is 6.92 Å². The van der Waals surface area contributed by atoms with Crippen molar-refractivity contribution in [2.24, 2.45) is 5.92 Å². The van der Waals surface area contributed by atoms with Gasteiger partial charge in [-0.3, -0.25) is 0 Å². The summed E-state index contributed by atoms with van der Waals surface area (Å²) >= 11 is 3.24. The SMILES string of the molecule is COc1ncc(Br)cc1S(=O)(=O)NC1CCC(C)CC1. The minimum atomic E-state index is -3.61. The molecule has 1 heterocycles. The average Bonchev–Trinajstić information content (AvgIpc) is 2.41. The second-order valence-electron chi connectivity index (χ2n) is 5.24. The lowest BCUT2D eigenvalue weighted by atomic mass is 9.88. The van der Waals surface area contributed by atoms with Gasteiger partial charge in [0.05, 0.1) is 7.11 Å². The summed E-state index contributed by atoms with van der Waals surface area (Å²) in [6.45, 7) is 2.20. The number of pyridine rings is 1. The van der Waals surface area contributed by atoms with Gasteiger partial charge in [0.2, 0.25) is 15.9 Å². The molecule has 1 saturated carbocycles. The molecule has 0 atom stereocenters. The molecule has 1 aromatic rings. The van der Waals surface area contributed by atoms with Crippen molar-refractivity contribution in [3.63, 3.8) is 0 Å². The second-order valence-corrected chi connectivity index (χ2v) is 7.84. The quantitative estimate of drug-likeness (QED) is 0.893. The zero-order chi connectivity index (χ0) is 14.8. The monoisotopic (exact) mass is 362 g/mol. The Balaban J connectivity index is 2.20. The predicted octanol–water partition coefficient (Wildman–Crippen LogP) is 2.71. The van der Waals surface area contributed by atoms with Crippen LogP contribution in [0.3, 0.4) is 0 Å². The van der Waals surface area contributed by atoms with Crippen LogP contribution in [0.4, 0.5) is 0 Å². The Morgan fingerprint density at radius 2 is 2.00 bits per heavy atom. The molecule has 0 radical (unpaired) electrons. The van der Waals surface area contributed by atoms with Gasteiger partial charge < -0.3 is 4.74 Å². The van der Waals surface area contributed by atoms with Crippen LogP contribution < -0.4 is 9.46 Å². The molecule has 0 aromatic carbocycles. The number of methoxy groups -OCH3 is 1. The number of nitrogens with zero attached hydrogens (tertiary/aromatic N) is 1. The predicted molar refractivity (Wildman–Crippen MR) is 80.2 cm³/mol. The molecule has 1 aliphatic rings. The molecule has 7 heteroatoms. The summed E-state index contributed by atoms with van der Waals surface area (Å²) in [6, 6.07) is 1.51. The molecule has 5 nitrogen and oxygen atoms in total. The maximum atomic E-state index is 12.5. The maximum Gasteiger partial charge on any atom is 0.246 e. The van der Waals surface area contributed by atoms with E-state index in [-0.39, 0.29) is 16.8 Å². The van der Waals surface area contributed by atoms with E-state index in [1.165, 1.54) is 19.4 Å². The van der Waals surface area contributed by atoms with Crippen LogP contribution in [0, 0.1) is 5.92 Å². The molecule has 1 aliphatic carbocycles. The van der Waals surface area contributed by atoms with Crippen molar-refractivity contribution in [3.8, 4) is 5.88 Å². The summed E-state index contributed by atoms with van der Waals surface area (Å²) in [5, 5.41) is 0. The van der Waals surface area contributed by atoms with Gasteiger partial charge in [-0.25, -0.2) is 18.1 Å². The Morgan fingerprint density at radius 1 is 1.35 bits per heavy atom. The van der Waals surface area contributed by atoms with Crippen LogP contribution >= 0.6 is 15.9 Å². The maximum absolute atomic E-state index is 12.5. The van der Waals surface area contributed by atoms with Crippen molar-refractivity contribution in [3.05, 3.63) is 16.7 Å². The number of aromatic nitrogens is 1. The van der Waals surface area contributed by atoms with E-state index in [1.807, 2.05) is 0 Å². The summed E-state index contributed by atoms with van der Waals surface area (Å²) in [4.78, 5) is 4.06. The number of sulfonamides is 1. The lowest BCUT2D eigenvalue weighted by Crippen LogP contribution is -2.37. The third-order valence-corrected chi connectivity index (χ3v) is 5.55. The second kappa shape index (κ2) is 6.41. The molecule has 0 spiro atoms. The molecular formula is C13H19BrN2O3S. The van der Waals surface area contributed by atoms with Crippen LogP contribution in [0.15, 0.2) is 21.6 Å². The highest BCUT2D eigenvalue weighted by Gasteiger charge is 2.27. The van der Waals surface area contributed by atoms with Crippen molar-refractivity contribution in [1.29, 1.82) is 0 Å². The number of halogens is 1. The molecule has 0 bridgehead atoms. The minimum absolute atomic E-state index is 0.000104. The number of rotatable bonds is 4. The van der Waals surface area contributed by atoms with Gasteiger partial charge >= 0.3 is 0 Å². The molecule has 1 fully saturated rings. The van der Waals surface area contributed by atoms with Gasteiger partial charge in [0.15, 0.2) is 0 Å². The lowest BCUT2D eigenvalue weighted by Gasteiger charge is -2.26. The lowest BCUT2D eigenvalue weighted by molar-refractivity contribution is 0.331. The molecule has 2 rings (SSSR count). The van der Waals surface area contributed by atoms with E-state index in [0.29, 0.717) is 10.4 Å². The summed E-state index contributed by atoms with van der Waals surface area (Å²) in [6.07, 6.45) is 5.39. The van der Waals surface area contributed by atoms with Gasteiger partial charge in [-0.2, -0.15) is 0 Å². The zero-order valence-corrected chi connectivity index (χ0v) is 14.0. The number of hydrogen-bond acceptors (Lipinski definition) is 4. The van der Waals surface area contributed by atoms with Crippen molar-refractivity contribution >= 4 is 26.0 Å². The Hall–Kier alpha value is -0.660. The van der Waals surface area contributed by atoms with Gasteiger partial charge in [-0.15, -0.1) is 0 Å². The molecule has 1 N–H and O–H groups in total. The number of nitrogens with one attached hydrogen (secondary N) is 1. The highest BCUT2D eigenvalue weighted by atomic mass is 79.9. The first kappa shape index (κ1) is 15.7. The van der Waals surface area contributed by atoms with Crippen LogP contribution in [-0.4, -0.2) is 26.6 Å². The highest BCUT2D eigenvalue weighted by Crippen LogP contribution is 2.28. The van der Waals surface area contributed by atoms with E-state index in [2.05, 4.69) is 32.6 Å². The third kappa shape index (κ3) is 3.71. The van der Waals surface area contributed by atoms with Gasteiger partial charge in [0.25, 0.3) is 0 Å². The first-order valence-electron chi connectivity index (χ1n) is 6.64. The Kier molecular flexibility index (Phi) is 5.04. The zero-order valence-electron chi connectivity index (χ0n) is 11.6. The fourth-order valence-corrected chi connectivity index (χ4v) is 4.35. The molecule has 1 aromatic heterocycles. The Bertz CT molecular complexity index is 569. The fourth-order valence-electron chi connectivity index (χ4n) is 2.41. The van der Waals surface area contributed by atoms with E-state index in [0.717, 1.165) is 25.7 Å². The van der Waals surface area contributed by atoms with Crippen molar-refractivity contribution < 1.29 is 13.2 Å². The van der Waals surface area contributed by atoms with Crippen LogP contribution in [0.2, 0.25) is 0 Å². The molecule has 0 unspecified atom stereocenters. The van der Waals surface area contributed by atoms with Crippen LogP contribution in [-0.2, 0) is 10.0 Å². The van der Waals surface area contributed by atoms with Crippen LogP contribution in [0.25, 0.3) is 0 Å². The standard InChI is InChI=1S/C13H19BrN2O3S/c1-9-3-5-11(6-4-9)16-20(17,18)12-7-10(14)8-15-13(12)19-2/h7-9,11,16H,3-6H2,1-2H3.